The number of hydrogen-bond acceptors (Lipinski definition) is 4. The van der Waals surface area contributed by atoms with E-state index in [4.69, 9.17) is 0 Å². The lowest BCUT2D eigenvalue weighted by Crippen LogP contribution is -2.14. The van der Waals surface area contributed by atoms with Crippen molar-refractivity contribution in [3.05, 3.63) is 96.4 Å². The summed E-state index contributed by atoms with van der Waals surface area (Å²) in [5.74, 6) is 6.01. The number of nitrogens with zero attached hydrogens (tertiary/aromatic N) is 2. The first-order chi connectivity index (χ1) is 13.6. The molecular weight excluding hydrogens is 370 g/mol. The number of fused-ring (bicyclic) bond motifs is 1. The van der Waals surface area contributed by atoms with E-state index < -0.39 is 10.0 Å². The number of rotatable bonds is 3. The Morgan fingerprint density at radius 2 is 1.64 bits per heavy atom. The van der Waals surface area contributed by atoms with Gasteiger partial charge in [-0.25, -0.2) is 8.42 Å². The summed E-state index contributed by atoms with van der Waals surface area (Å²) < 4.78 is 28.7. The SMILES string of the molecule is O=S(=O)(Nc1ccccc1C#Cc1cccnc1)c1cccc2cccnc12. The fraction of sp³-hybridized carbons (Fsp3) is 0. The van der Waals surface area contributed by atoms with E-state index in [-0.39, 0.29) is 4.90 Å². The van der Waals surface area contributed by atoms with Crippen LogP contribution in [0, 0.1) is 11.8 Å². The largest absolute Gasteiger partial charge is 0.278 e. The van der Waals surface area contributed by atoms with Crippen molar-refractivity contribution in [3.8, 4) is 11.8 Å². The van der Waals surface area contributed by atoms with Crippen molar-refractivity contribution in [1.82, 2.24) is 9.97 Å². The van der Waals surface area contributed by atoms with Gasteiger partial charge in [0.2, 0.25) is 0 Å². The Labute approximate surface area is 163 Å². The van der Waals surface area contributed by atoms with Gasteiger partial charge in [-0.15, -0.1) is 0 Å². The molecule has 28 heavy (non-hydrogen) atoms. The summed E-state index contributed by atoms with van der Waals surface area (Å²) >= 11 is 0. The van der Waals surface area contributed by atoms with Crippen LogP contribution in [0.5, 0.6) is 0 Å². The molecule has 0 unspecified atom stereocenters. The normalized spacial score (nSPS) is 10.9. The summed E-state index contributed by atoms with van der Waals surface area (Å²) in [6, 6.07) is 19.3. The minimum Gasteiger partial charge on any atom is -0.278 e. The molecular formula is C22H15N3O2S. The van der Waals surface area contributed by atoms with Crippen LogP contribution in [-0.2, 0) is 10.0 Å². The number of nitrogens with one attached hydrogen (secondary N) is 1. The number of pyridine rings is 2. The third-order valence-corrected chi connectivity index (χ3v) is 5.46. The molecule has 0 fully saturated rings. The lowest BCUT2D eigenvalue weighted by atomic mass is 10.2. The number of aromatic nitrogens is 2. The molecule has 5 nitrogen and oxygen atoms in total. The molecule has 2 aromatic heterocycles. The highest BCUT2D eigenvalue weighted by atomic mass is 32.2. The zero-order valence-corrected chi connectivity index (χ0v) is 15.5. The summed E-state index contributed by atoms with van der Waals surface area (Å²) in [6.07, 6.45) is 4.90. The summed E-state index contributed by atoms with van der Waals surface area (Å²) in [4.78, 5) is 8.39. The standard InChI is InChI=1S/C22H15N3O2S/c26-28(27,21-11-3-8-19-9-5-15-24-22(19)21)25-20-10-2-1-7-18(20)13-12-17-6-4-14-23-16-17/h1-11,14-16,25H. The molecule has 0 amide bonds. The number of para-hydroxylation sites is 2. The molecule has 1 N–H and O–H groups in total. The Bertz CT molecular complexity index is 1300. The maximum absolute atomic E-state index is 13.0. The van der Waals surface area contributed by atoms with E-state index in [9.17, 15) is 8.42 Å². The topological polar surface area (TPSA) is 72.0 Å². The first-order valence-electron chi connectivity index (χ1n) is 8.51. The first-order valence-corrected chi connectivity index (χ1v) is 9.99. The van der Waals surface area contributed by atoms with Crippen molar-refractivity contribution in [1.29, 1.82) is 0 Å². The lowest BCUT2D eigenvalue weighted by Gasteiger charge is -2.11. The smallest absolute Gasteiger partial charge is 0.264 e. The zero-order chi connectivity index (χ0) is 19.4. The molecule has 4 rings (SSSR count). The van der Waals surface area contributed by atoms with E-state index >= 15 is 0 Å². The number of sulfonamides is 1. The van der Waals surface area contributed by atoms with E-state index in [0.29, 0.717) is 16.8 Å². The van der Waals surface area contributed by atoms with Crippen LogP contribution in [0.1, 0.15) is 11.1 Å². The molecule has 0 aliphatic heterocycles. The van der Waals surface area contributed by atoms with Gasteiger partial charge in [0.1, 0.15) is 4.90 Å². The summed E-state index contributed by atoms with van der Waals surface area (Å²) in [7, 11) is -3.84. The molecule has 0 aliphatic carbocycles. The fourth-order valence-corrected chi connectivity index (χ4v) is 4.01. The predicted octanol–water partition coefficient (Wildman–Crippen LogP) is 3.83. The molecule has 2 heterocycles. The molecule has 4 aromatic rings. The molecule has 0 saturated carbocycles. The van der Waals surface area contributed by atoms with Gasteiger partial charge in [-0.2, -0.15) is 0 Å². The van der Waals surface area contributed by atoms with E-state index in [2.05, 4.69) is 26.5 Å². The van der Waals surface area contributed by atoms with Gasteiger partial charge in [0.05, 0.1) is 11.2 Å². The molecule has 136 valence electrons. The highest BCUT2D eigenvalue weighted by Gasteiger charge is 2.19. The van der Waals surface area contributed by atoms with Gasteiger partial charge in [-0.05, 0) is 36.4 Å². The average molecular weight is 385 g/mol. The Morgan fingerprint density at radius 1 is 0.821 bits per heavy atom. The molecule has 0 atom stereocenters. The van der Waals surface area contributed by atoms with Crippen molar-refractivity contribution in [3.63, 3.8) is 0 Å². The van der Waals surface area contributed by atoms with E-state index in [1.165, 1.54) is 0 Å². The predicted molar refractivity (Wildman–Crippen MR) is 109 cm³/mol. The van der Waals surface area contributed by atoms with Crippen LogP contribution >= 0.6 is 0 Å². The Kier molecular flexibility index (Phi) is 4.75. The average Bonchev–Trinajstić information content (AvgIpc) is 2.73. The van der Waals surface area contributed by atoms with Crippen LogP contribution in [0.15, 0.2) is 90.2 Å². The van der Waals surface area contributed by atoms with Crippen LogP contribution in [0.2, 0.25) is 0 Å². The molecule has 0 bridgehead atoms. The van der Waals surface area contributed by atoms with E-state index in [1.54, 1.807) is 61.1 Å². The van der Waals surface area contributed by atoms with Crippen molar-refractivity contribution >= 4 is 26.6 Å². The van der Waals surface area contributed by atoms with Crippen LogP contribution in [0.3, 0.4) is 0 Å². The van der Waals surface area contributed by atoms with Gasteiger partial charge >= 0.3 is 0 Å². The fourth-order valence-electron chi connectivity index (χ4n) is 2.75. The second kappa shape index (κ2) is 7.51. The third-order valence-electron chi connectivity index (χ3n) is 4.06. The lowest BCUT2D eigenvalue weighted by molar-refractivity contribution is 0.602. The van der Waals surface area contributed by atoms with E-state index in [1.807, 2.05) is 24.3 Å². The molecule has 0 aliphatic rings. The highest BCUT2D eigenvalue weighted by Crippen LogP contribution is 2.24. The van der Waals surface area contributed by atoms with Gasteiger partial charge in [0, 0.05) is 35.1 Å². The van der Waals surface area contributed by atoms with Gasteiger partial charge in [0.15, 0.2) is 0 Å². The summed E-state index contributed by atoms with van der Waals surface area (Å²) in [5.41, 5.74) is 2.16. The first kappa shape index (κ1) is 17.7. The van der Waals surface area contributed by atoms with E-state index in [0.717, 1.165) is 10.9 Å². The van der Waals surface area contributed by atoms with Gasteiger partial charge in [0.25, 0.3) is 10.0 Å². The molecule has 0 radical (unpaired) electrons. The van der Waals surface area contributed by atoms with Crippen LogP contribution in [-0.4, -0.2) is 18.4 Å². The van der Waals surface area contributed by atoms with Gasteiger partial charge in [-0.3, -0.25) is 14.7 Å². The highest BCUT2D eigenvalue weighted by molar-refractivity contribution is 7.93. The molecule has 0 spiro atoms. The number of benzene rings is 2. The Morgan fingerprint density at radius 3 is 2.50 bits per heavy atom. The van der Waals surface area contributed by atoms with Crippen LogP contribution in [0.4, 0.5) is 5.69 Å². The van der Waals surface area contributed by atoms with Crippen molar-refractivity contribution in [2.45, 2.75) is 4.90 Å². The van der Waals surface area contributed by atoms with Gasteiger partial charge < -0.3 is 0 Å². The molecule has 6 heteroatoms. The third kappa shape index (κ3) is 3.70. The Hall–Kier alpha value is -3.69. The second-order valence-corrected chi connectivity index (χ2v) is 7.62. The zero-order valence-electron chi connectivity index (χ0n) is 14.7. The van der Waals surface area contributed by atoms with Crippen LogP contribution < -0.4 is 4.72 Å². The maximum Gasteiger partial charge on any atom is 0.264 e. The van der Waals surface area contributed by atoms with Crippen LogP contribution in [0.25, 0.3) is 10.9 Å². The molecule has 2 aromatic carbocycles. The number of hydrogen-bond donors (Lipinski definition) is 1. The summed E-state index contributed by atoms with van der Waals surface area (Å²) in [5, 5.41) is 0.759. The summed E-state index contributed by atoms with van der Waals surface area (Å²) in [6.45, 7) is 0. The monoisotopic (exact) mass is 385 g/mol. The minimum atomic E-state index is -3.84. The minimum absolute atomic E-state index is 0.126. The number of anilines is 1. The second-order valence-electron chi connectivity index (χ2n) is 5.97. The van der Waals surface area contributed by atoms with Gasteiger partial charge in [-0.1, -0.05) is 42.2 Å². The van der Waals surface area contributed by atoms with Crippen molar-refractivity contribution < 1.29 is 8.42 Å². The maximum atomic E-state index is 13.0. The van der Waals surface area contributed by atoms with Crippen molar-refractivity contribution in [2.75, 3.05) is 4.72 Å². The Balaban J connectivity index is 1.72. The quantitative estimate of drug-likeness (QED) is 0.544. The van der Waals surface area contributed by atoms with Crippen molar-refractivity contribution in [2.24, 2.45) is 0 Å². The molecule has 0 saturated heterocycles.